The fourth-order valence-corrected chi connectivity index (χ4v) is 0.470. The Kier molecular flexibility index (Phi) is 5.70. The lowest BCUT2D eigenvalue weighted by atomic mass is 10.8. The van der Waals surface area contributed by atoms with E-state index in [-0.39, 0.29) is 5.96 Å². The maximum Gasteiger partial charge on any atom is 0.262 e. The van der Waals surface area contributed by atoms with E-state index in [9.17, 15) is 0 Å². The first kappa shape index (κ1) is 12.1. The van der Waals surface area contributed by atoms with Crippen molar-refractivity contribution in [1.82, 2.24) is 9.80 Å². The van der Waals surface area contributed by atoms with Crippen LogP contribution in [0.3, 0.4) is 0 Å². The summed E-state index contributed by atoms with van der Waals surface area (Å²) in [5.41, 5.74) is 0. The molecule has 0 saturated carbocycles. The van der Waals surface area contributed by atoms with Crippen LogP contribution in [0.25, 0.3) is 0 Å². The van der Waals surface area contributed by atoms with E-state index in [0.717, 1.165) is 0 Å². The summed E-state index contributed by atoms with van der Waals surface area (Å²) in [5, 5.41) is 8.35. The van der Waals surface area contributed by atoms with Crippen LogP contribution in [0.1, 0.15) is 0 Å². The van der Waals surface area contributed by atoms with Crippen LogP contribution in [-0.2, 0) is 0 Å². The van der Waals surface area contributed by atoms with Gasteiger partial charge in [0.25, 0.3) is 5.96 Å². The van der Waals surface area contributed by atoms with E-state index in [4.69, 9.17) is 5.26 Å². The smallest absolute Gasteiger partial charge is 0.262 e. The number of rotatable bonds is 2. The molecule has 0 rings (SSSR count). The van der Waals surface area contributed by atoms with Gasteiger partial charge in [-0.15, -0.1) is 4.99 Å². The van der Waals surface area contributed by atoms with Gasteiger partial charge in [-0.2, -0.15) is 5.26 Å². The van der Waals surface area contributed by atoms with E-state index >= 15 is 0 Å². The van der Waals surface area contributed by atoms with Crippen LogP contribution in [0.15, 0.2) is 15.0 Å². The summed E-state index contributed by atoms with van der Waals surface area (Å²) >= 11 is 0. The molecule has 0 aromatic rings. The molecule has 14 heavy (non-hydrogen) atoms. The van der Waals surface area contributed by atoms with Crippen LogP contribution < -0.4 is 0 Å². The monoisotopic (exact) mass is 194 g/mol. The van der Waals surface area contributed by atoms with Gasteiger partial charge in [0.1, 0.15) is 0 Å². The molecule has 6 heteroatoms. The Balaban J connectivity index is 4.49. The molecule has 0 radical (unpaired) electrons. The molecule has 0 fully saturated rings. The minimum atomic E-state index is 0.134. The molecule has 0 aromatic carbocycles. The molecule has 0 heterocycles. The van der Waals surface area contributed by atoms with Gasteiger partial charge in [0.2, 0.25) is 6.19 Å². The molecular weight excluding hydrogens is 180 g/mol. The van der Waals surface area contributed by atoms with Gasteiger partial charge >= 0.3 is 0 Å². The molecule has 0 saturated heterocycles. The van der Waals surface area contributed by atoms with Crippen LogP contribution >= 0.6 is 0 Å². The highest BCUT2D eigenvalue weighted by molar-refractivity contribution is 5.92. The van der Waals surface area contributed by atoms with E-state index in [1.54, 1.807) is 16.0 Å². The van der Waals surface area contributed by atoms with Crippen LogP contribution in [-0.4, -0.2) is 56.6 Å². The largest absolute Gasteiger partial charge is 0.369 e. The number of nitrogens with zero attached hydrogens (tertiary/aromatic N) is 6. The minimum absolute atomic E-state index is 0.134. The molecule has 0 unspecified atom stereocenters. The average molecular weight is 194 g/mol. The lowest BCUT2D eigenvalue weighted by Crippen LogP contribution is -2.11. The molecule has 0 aliphatic carbocycles. The number of aliphatic imine (C=N–C) groups is 3. The molecule has 0 bridgehead atoms. The molecule has 0 atom stereocenters. The Morgan fingerprint density at radius 2 is 1.50 bits per heavy atom. The van der Waals surface area contributed by atoms with Crippen molar-refractivity contribution in [3.8, 4) is 6.19 Å². The summed E-state index contributed by atoms with van der Waals surface area (Å²) < 4.78 is 0. The van der Waals surface area contributed by atoms with Gasteiger partial charge < -0.3 is 9.80 Å². The predicted octanol–water partition coefficient (Wildman–Crippen LogP) is 0.00328. The molecule has 76 valence electrons. The van der Waals surface area contributed by atoms with E-state index < -0.39 is 0 Å². The van der Waals surface area contributed by atoms with Gasteiger partial charge in [0.15, 0.2) is 0 Å². The maximum absolute atomic E-state index is 8.35. The molecular formula is C8H14N6. The van der Waals surface area contributed by atoms with Gasteiger partial charge in [-0.25, -0.2) is 9.98 Å². The highest BCUT2D eigenvalue weighted by atomic mass is 15.2. The Morgan fingerprint density at radius 1 is 1.07 bits per heavy atom. The fraction of sp³-hybridized carbons (Fsp3) is 0.500. The highest BCUT2D eigenvalue weighted by Crippen LogP contribution is 1.83. The standard InChI is InChI=1S/C8H14N6/c1-13(2)6-11-8(10-5-9)12-7-14(3)4/h6-7H,1-4H3. The summed E-state index contributed by atoms with van der Waals surface area (Å²) in [6.07, 6.45) is 4.70. The first-order valence-electron chi connectivity index (χ1n) is 3.94. The van der Waals surface area contributed by atoms with Crippen molar-refractivity contribution in [2.24, 2.45) is 15.0 Å². The molecule has 0 N–H and O–H groups in total. The van der Waals surface area contributed by atoms with Crippen molar-refractivity contribution < 1.29 is 0 Å². The van der Waals surface area contributed by atoms with Crippen LogP contribution in [0.4, 0.5) is 0 Å². The van der Waals surface area contributed by atoms with Crippen molar-refractivity contribution >= 4 is 18.6 Å². The lowest BCUT2D eigenvalue weighted by molar-refractivity contribution is 0.641. The van der Waals surface area contributed by atoms with Crippen molar-refractivity contribution in [2.45, 2.75) is 0 Å². The van der Waals surface area contributed by atoms with Gasteiger partial charge in [-0.05, 0) is 0 Å². The molecule has 0 amide bonds. The molecule has 0 aliphatic heterocycles. The topological polar surface area (TPSA) is 67.3 Å². The normalized spacial score (nSPS) is 10.2. The van der Waals surface area contributed by atoms with Gasteiger partial charge in [-0.3, -0.25) is 0 Å². The lowest BCUT2D eigenvalue weighted by Gasteiger charge is -2.02. The van der Waals surface area contributed by atoms with E-state index in [0.29, 0.717) is 0 Å². The molecule has 0 spiro atoms. The summed E-state index contributed by atoms with van der Waals surface area (Å²) in [7, 11) is 7.29. The van der Waals surface area contributed by atoms with Crippen LogP contribution in [0.5, 0.6) is 0 Å². The fourth-order valence-electron chi connectivity index (χ4n) is 0.470. The Hall–Kier alpha value is -1.90. The maximum atomic E-state index is 8.35. The summed E-state index contributed by atoms with van der Waals surface area (Å²) in [5.74, 6) is 0.134. The third kappa shape index (κ3) is 6.79. The molecule has 0 aromatic heterocycles. The van der Waals surface area contributed by atoms with E-state index in [2.05, 4.69) is 15.0 Å². The zero-order chi connectivity index (χ0) is 11.0. The minimum Gasteiger partial charge on any atom is -0.369 e. The van der Waals surface area contributed by atoms with E-state index in [1.807, 2.05) is 28.2 Å². The first-order valence-corrected chi connectivity index (χ1v) is 3.94. The zero-order valence-electron chi connectivity index (χ0n) is 8.84. The number of guanidine groups is 1. The summed E-state index contributed by atoms with van der Waals surface area (Å²) in [6, 6.07) is 0. The number of hydrogen-bond donors (Lipinski definition) is 0. The van der Waals surface area contributed by atoms with E-state index in [1.165, 1.54) is 12.7 Å². The zero-order valence-corrected chi connectivity index (χ0v) is 8.84. The Labute approximate surface area is 83.9 Å². The Bertz CT molecular complexity index is 261. The van der Waals surface area contributed by atoms with Crippen LogP contribution in [0.2, 0.25) is 0 Å². The van der Waals surface area contributed by atoms with Gasteiger partial charge in [0, 0.05) is 28.2 Å². The third-order valence-corrected chi connectivity index (χ3v) is 0.958. The number of nitriles is 1. The first-order chi connectivity index (χ1) is 6.56. The second kappa shape index (κ2) is 6.60. The predicted molar refractivity (Wildman–Crippen MR) is 57.4 cm³/mol. The average Bonchev–Trinajstić information content (AvgIpc) is 2.09. The molecule has 6 nitrogen and oxygen atoms in total. The van der Waals surface area contributed by atoms with Gasteiger partial charge in [-0.1, -0.05) is 0 Å². The SMILES string of the molecule is CN(C)C=NC(N=CN(C)C)=NC#N. The highest BCUT2D eigenvalue weighted by Gasteiger charge is 1.90. The quantitative estimate of drug-likeness (QED) is 0.353. The second-order valence-electron chi connectivity index (χ2n) is 2.93. The second-order valence-corrected chi connectivity index (χ2v) is 2.93. The van der Waals surface area contributed by atoms with Crippen molar-refractivity contribution in [1.29, 1.82) is 5.26 Å². The van der Waals surface area contributed by atoms with Crippen molar-refractivity contribution in [3.05, 3.63) is 0 Å². The third-order valence-electron chi connectivity index (χ3n) is 0.958. The van der Waals surface area contributed by atoms with Gasteiger partial charge in [0.05, 0.1) is 12.7 Å². The van der Waals surface area contributed by atoms with Crippen molar-refractivity contribution in [2.75, 3.05) is 28.2 Å². The Morgan fingerprint density at radius 3 is 1.79 bits per heavy atom. The summed E-state index contributed by atoms with van der Waals surface area (Å²) in [4.78, 5) is 14.7. The molecule has 0 aliphatic rings. The van der Waals surface area contributed by atoms with Crippen molar-refractivity contribution in [3.63, 3.8) is 0 Å². The number of hydrogen-bond acceptors (Lipinski definition) is 2. The summed E-state index contributed by atoms with van der Waals surface area (Å²) in [6.45, 7) is 0. The van der Waals surface area contributed by atoms with Crippen LogP contribution in [0, 0.1) is 11.5 Å².